The second-order valence-corrected chi connectivity index (χ2v) is 8.92. The lowest BCUT2D eigenvalue weighted by atomic mass is 10.0. The van der Waals surface area contributed by atoms with Crippen molar-refractivity contribution in [3.63, 3.8) is 0 Å². The Labute approximate surface area is 178 Å². The zero-order valence-corrected chi connectivity index (χ0v) is 18.6. The molecular weight excluding hydrogens is 402 g/mol. The Morgan fingerprint density at radius 1 is 0.967 bits per heavy atom. The number of nitrogens with zero attached hydrogens (tertiary/aromatic N) is 1. The Bertz CT molecular complexity index is 971. The van der Waals surface area contributed by atoms with Crippen LogP contribution in [0.15, 0.2) is 59.5 Å². The molecule has 7 nitrogen and oxygen atoms in total. The summed E-state index contributed by atoms with van der Waals surface area (Å²) in [5, 5.41) is 2.73. The van der Waals surface area contributed by atoms with Crippen molar-refractivity contribution in [2.75, 3.05) is 18.4 Å². The van der Waals surface area contributed by atoms with Gasteiger partial charge >= 0.3 is 0 Å². The molecule has 0 bridgehead atoms. The lowest BCUT2D eigenvalue weighted by molar-refractivity contribution is -0.118. The van der Waals surface area contributed by atoms with Crippen molar-refractivity contribution in [1.29, 1.82) is 0 Å². The van der Waals surface area contributed by atoms with E-state index >= 15 is 0 Å². The summed E-state index contributed by atoms with van der Waals surface area (Å²) in [6.07, 6.45) is 0. The van der Waals surface area contributed by atoms with Gasteiger partial charge in [-0.2, -0.15) is 4.72 Å². The minimum atomic E-state index is -3.85. The topological polar surface area (TPSA) is 95.6 Å². The van der Waals surface area contributed by atoms with Crippen LogP contribution in [0.4, 0.5) is 5.69 Å². The Morgan fingerprint density at radius 2 is 1.60 bits per heavy atom. The van der Waals surface area contributed by atoms with Gasteiger partial charge in [0.05, 0.1) is 4.90 Å². The van der Waals surface area contributed by atoms with Gasteiger partial charge in [0.2, 0.25) is 15.9 Å². The summed E-state index contributed by atoms with van der Waals surface area (Å²) in [5.41, 5.74) is 0.894. The average molecular weight is 432 g/mol. The predicted molar refractivity (Wildman–Crippen MR) is 118 cm³/mol. The number of sulfonamides is 1. The zero-order chi connectivity index (χ0) is 22.3. The number of hydrogen-bond acceptors (Lipinski definition) is 4. The third-order valence-corrected chi connectivity index (χ3v) is 6.17. The molecule has 2 aromatic carbocycles. The highest BCUT2D eigenvalue weighted by atomic mass is 32.2. The molecule has 0 heterocycles. The fraction of sp³-hybridized carbons (Fsp3) is 0.364. The molecule has 0 saturated heterocycles. The number of rotatable bonds is 9. The van der Waals surface area contributed by atoms with Gasteiger partial charge in [-0.3, -0.25) is 9.59 Å². The Morgan fingerprint density at radius 3 is 2.17 bits per heavy atom. The zero-order valence-electron chi connectivity index (χ0n) is 17.8. The number of hydrogen-bond donors (Lipinski definition) is 2. The maximum Gasteiger partial charge on any atom is 0.253 e. The van der Waals surface area contributed by atoms with E-state index in [0.29, 0.717) is 24.3 Å². The van der Waals surface area contributed by atoms with Gasteiger partial charge < -0.3 is 10.2 Å². The molecule has 1 unspecified atom stereocenters. The minimum absolute atomic E-state index is 0.0928. The Kier molecular flexibility index (Phi) is 8.14. The van der Waals surface area contributed by atoms with Crippen LogP contribution in [0.2, 0.25) is 0 Å². The van der Waals surface area contributed by atoms with E-state index in [1.807, 2.05) is 13.8 Å². The molecule has 0 spiro atoms. The molecule has 0 fully saturated rings. The van der Waals surface area contributed by atoms with Crippen molar-refractivity contribution >= 4 is 27.5 Å². The van der Waals surface area contributed by atoms with Gasteiger partial charge in [0.15, 0.2) is 0 Å². The number of amides is 2. The third-order valence-electron chi connectivity index (χ3n) is 4.71. The van der Waals surface area contributed by atoms with Crippen molar-refractivity contribution in [1.82, 2.24) is 9.62 Å². The molecule has 0 radical (unpaired) electrons. The second kappa shape index (κ2) is 10.4. The first kappa shape index (κ1) is 23.6. The summed E-state index contributed by atoms with van der Waals surface area (Å²) in [7, 11) is -3.85. The molecule has 30 heavy (non-hydrogen) atoms. The Balaban J connectivity index is 2.20. The van der Waals surface area contributed by atoms with Gasteiger partial charge in [0.1, 0.15) is 6.04 Å². The van der Waals surface area contributed by atoms with Crippen LogP contribution >= 0.6 is 0 Å². The molecule has 2 rings (SSSR count). The van der Waals surface area contributed by atoms with Crippen molar-refractivity contribution in [3.8, 4) is 0 Å². The van der Waals surface area contributed by atoms with E-state index in [-0.39, 0.29) is 16.7 Å². The first-order valence-corrected chi connectivity index (χ1v) is 11.5. The highest BCUT2D eigenvalue weighted by molar-refractivity contribution is 7.89. The van der Waals surface area contributed by atoms with Crippen LogP contribution in [0, 0.1) is 5.92 Å². The van der Waals surface area contributed by atoms with Gasteiger partial charge in [-0.15, -0.1) is 0 Å². The standard InChI is InChI=1S/C22H29N3O4S/c1-5-25(6-2)22(27)17-11-10-12-18(15-17)23-21(26)20(16(3)4)24-30(28,29)19-13-8-7-9-14-19/h7-16,20,24H,5-6H2,1-4H3,(H,23,26). The van der Waals surface area contributed by atoms with E-state index in [1.165, 1.54) is 12.1 Å². The van der Waals surface area contributed by atoms with Crippen LogP contribution in [-0.2, 0) is 14.8 Å². The summed E-state index contributed by atoms with van der Waals surface area (Å²) in [4.78, 5) is 27.2. The highest BCUT2D eigenvalue weighted by Gasteiger charge is 2.28. The quantitative estimate of drug-likeness (QED) is 0.638. The molecular formula is C22H29N3O4S. The van der Waals surface area contributed by atoms with Gasteiger partial charge in [-0.1, -0.05) is 38.1 Å². The lowest BCUT2D eigenvalue weighted by Crippen LogP contribution is -2.47. The number of carbonyl (C=O) groups is 2. The molecule has 0 aromatic heterocycles. The minimum Gasteiger partial charge on any atom is -0.339 e. The fourth-order valence-corrected chi connectivity index (χ4v) is 4.34. The fourth-order valence-electron chi connectivity index (χ4n) is 2.97. The van der Waals surface area contributed by atoms with Crippen LogP contribution < -0.4 is 10.0 Å². The smallest absolute Gasteiger partial charge is 0.253 e. The maximum atomic E-state index is 12.9. The SMILES string of the molecule is CCN(CC)C(=O)c1cccc(NC(=O)C(NS(=O)(=O)c2ccccc2)C(C)C)c1. The number of anilines is 1. The van der Waals surface area contributed by atoms with Crippen LogP contribution in [0.1, 0.15) is 38.1 Å². The first-order chi connectivity index (χ1) is 14.2. The third kappa shape index (κ3) is 5.90. The molecule has 0 aliphatic heterocycles. The molecule has 1 atom stereocenters. The van der Waals surface area contributed by atoms with E-state index in [9.17, 15) is 18.0 Å². The summed E-state index contributed by atoms with van der Waals surface area (Å²) in [5.74, 6) is -0.901. The normalized spacial score (nSPS) is 12.4. The van der Waals surface area contributed by atoms with Crippen LogP contribution in [0.3, 0.4) is 0 Å². The number of carbonyl (C=O) groups excluding carboxylic acids is 2. The van der Waals surface area contributed by atoms with E-state index in [4.69, 9.17) is 0 Å². The van der Waals surface area contributed by atoms with Crippen LogP contribution in [0.25, 0.3) is 0 Å². The van der Waals surface area contributed by atoms with E-state index in [1.54, 1.807) is 61.2 Å². The summed E-state index contributed by atoms with van der Waals surface area (Å²) in [6.45, 7) is 8.50. The highest BCUT2D eigenvalue weighted by Crippen LogP contribution is 2.16. The molecule has 162 valence electrons. The monoisotopic (exact) mass is 431 g/mol. The summed E-state index contributed by atoms with van der Waals surface area (Å²) < 4.78 is 27.8. The van der Waals surface area contributed by atoms with Gasteiger partial charge in [-0.25, -0.2) is 8.42 Å². The number of benzene rings is 2. The van der Waals surface area contributed by atoms with E-state index in [2.05, 4.69) is 10.0 Å². The molecule has 2 amide bonds. The lowest BCUT2D eigenvalue weighted by Gasteiger charge is -2.22. The van der Waals surface area contributed by atoms with Gasteiger partial charge in [0.25, 0.3) is 5.91 Å². The molecule has 0 saturated carbocycles. The molecule has 8 heteroatoms. The van der Waals surface area contributed by atoms with Crippen molar-refractivity contribution in [3.05, 3.63) is 60.2 Å². The maximum absolute atomic E-state index is 12.9. The first-order valence-electron chi connectivity index (χ1n) is 9.97. The second-order valence-electron chi connectivity index (χ2n) is 7.20. The van der Waals surface area contributed by atoms with Crippen LogP contribution in [-0.4, -0.2) is 44.3 Å². The van der Waals surface area contributed by atoms with Gasteiger partial charge in [0, 0.05) is 24.3 Å². The van der Waals surface area contributed by atoms with Crippen molar-refractivity contribution in [2.45, 2.75) is 38.6 Å². The van der Waals surface area contributed by atoms with Crippen LogP contribution in [0.5, 0.6) is 0 Å². The van der Waals surface area contributed by atoms with Crippen molar-refractivity contribution < 1.29 is 18.0 Å². The number of nitrogens with one attached hydrogen (secondary N) is 2. The predicted octanol–water partition coefficient (Wildman–Crippen LogP) is 3.11. The van der Waals surface area contributed by atoms with Gasteiger partial charge in [-0.05, 0) is 50.1 Å². The largest absolute Gasteiger partial charge is 0.339 e. The van der Waals surface area contributed by atoms with Crippen molar-refractivity contribution in [2.24, 2.45) is 5.92 Å². The molecule has 2 N–H and O–H groups in total. The summed E-state index contributed by atoms with van der Waals surface area (Å²) in [6, 6.07) is 13.6. The molecule has 2 aromatic rings. The average Bonchev–Trinajstić information content (AvgIpc) is 2.73. The molecule has 0 aliphatic rings. The molecule has 0 aliphatic carbocycles. The van der Waals surface area contributed by atoms with E-state index < -0.39 is 22.0 Å². The van der Waals surface area contributed by atoms with E-state index in [0.717, 1.165) is 0 Å². The summed E-state index contributed by atoms with van der Waals surface area (Å²) >= 11 is 0. The Hall–Kier alpha value is -2.71.